The summed E-state index contributed by atoms with van der Waals surface area (Å²) >= 11 is 3.34. The van der Waals surface area contributed by atoms with E-state index in [0.29, 0.717) is 30.3 Å². The van der Waals surface area contributed by atoms with Crippen LogP contribution in [0.3, 0.4) is 0 Å². The normalized spacial score (nSPS) is 12.2. The first-order chi connectivity index (χ1) is 14.9. The number of benzene rings is 3. The van der Waals surface area contributed by atoms with Gasteiger partial charge in [0.1, 0.15) is 13.2 Å². The lowest BCUT2D eigenvalue weighted by Crippen LogP contribution is -2.19. The Morgan fingerprint density at radius 1 is 0.935 bits per heavy atom. The molecule has 0 spiro atoms. The number of hydrogen-bond acceptors (Lipinski definition) is 6. The van der Waals surface area contributed by atoms with Crippen molar-refractivity contribution in [3.05, 3.63) is 91.9 Å². The Balaban J connectivity index is 1.72. The lowest BCUT2D eigenvalue weighted by molar-refractivity contribution is -0.384. The zero-order valence-electron chi connectivity index (χ0n) is 16.0. The summed E-state index contributed by atoms with van der Waals surface area (Å²) in [7, 11) is 0. The van der Waals surface area contributed by atoms with Crippen molar-refractivity contribution in [3.8, 4) is 11.5 Å². The van der Waals surface area contributed by atoms with Crippen molar-refractivity contribution in [2.45, 2.75) is 0 Å². The predicted octanol–water partition coefficient (Wildman–Crippen LogP) is 4.61. The minimum absolute atomic E-state index is 0.0890. The summed E-state index contributed by atoms with van der Waals surface area (Å²) in [6.07, 6.45) is 0. The molecular formula is C22H15BrN2O6. The molecular weight excluding hydrogens is 468 g/mol. The van der Waals surface area contributed by atoms with Crippen molar-refractivity contribution in [2.75, 3.05) is 18.5 Å². The number of anilines is 1. The molecule has 3 aromatic rings. The molecule has 3 aromatic carbocycles. The van der Waals surface area contributed by atoms with Gasteiger partial charge in [0.05, 0.1) is 16.2 Å². The summed E-state index contributed by atoms with van der Waals surface area (Å²) in [5.41, 5.74) is 0.733. The van der Waals surface area contributed by atoms with Crippen LogP contribution in [-0.2, 0) is 0 Å². The number of non-ortho nitro benzene ring substituents is 1. The van der Waals surface area contributed by atoms with Crippen molar-refractivity contribution in [1.82, 2.24) is 0 Å². The number of nitro groups is 1. The summed E-state index contributed by atoms with van der Waals surface area (Å²) in [4.78, 5) is 36.4. The second-order valence-electron chi connectivity index (χ2n) is 6.64. The molecule has 156 valence electrons. The van der Waals surface area contributed by atoms with Gasteiger partial charge in [0.15, 0.2) is 17.3 Å². The molecule has 1 amide bonds. The standard InChI is InChI=1S/C22H15BrN2O6/c23-15-6-4-13(5-7-15)21(26)17-11-19-20(31-9-8-30-19)12-18(17)24-22(27)14-2-1-3-16(10-14)25(28)29/h1-7,10-12H,8-9H2,(H,24,27). The number of carbonyl (C=O) groups is 2. The molecule has 0 aromatic heterocycles. The van der Waals surface area contributed by atoms with Crippen molar-refractivity contribution >= 4 is 39.0 Å². The zero-order valence-corrected chi connectivity index (χ0v) is 17.5. The summed E-state index contributed by atoms with van der Waals surface area (Å²) < 4.78 is 12.0. The maximum atomic E-state index is 13.2. The molecule has 0 unspecified atom stereocenters. The van der Waals surface area contributed by atoms with Crippen molar-refractivity contribution in [3.63, 3.8) is 0 Å². The number of halogens is 1. The van der Waals surface area contributed by atoms with Gasteiger partial charge in [-0.05, 0) is 36.4 Å². The van der Waals surface area contributed by atoms with E-state index in [1.807, 2.05) is 0 Å². The van der Waals surface area contributed by atoms with Crippen molar-refractivity contribution in [2.24, 2.45) is 0 Å². The van der Waals surface area contributed by atoms with Crippen LogP contribution >= 0.6 is 15.9 Å². The molecule has 0 fully saturated rings. The Morgan fingerprint density at radius 3 is 2.29 bits per heavy atom. The quantitative estimate of drug-likeness (QED) is 0.323. The van der Waals surface area contributed by atoms with Crippen molar-refractivity contribution in [1.29, 1.82) is 0 Å². The fourth-order valence-electron chi connectivity index (χ4n) is 3.09. The summed E-state index contributed by atoms with van der Waals surface area (Å²) in [6, 6.07) is 15.2. The van der Waals surface area contributed by atoms with Gasteiger partial charge in [0.25, 0.3) is 11.6 Å². The smallest absolute Gasteiger partial charge is 0.270 e. The van der Waals surface area contributed by atoms with E-state index in [0.717, 1.165) is 4.47 Å². The van der Waals surface area contributed by atoms with E-state index < -0.39 is 10.8 Å². The summed E-state index contributed by atoms with van der Waals surface area (Å²) in [5, 5.41) is 13.7. The van der Waals surface area contributed by atoms with Crippen LogP contribution < -0.4 is 14.8 Å². The van der Waals surface area contributed by atoms with E-state index in [1.54, 1.807) is 24.3 Å². The predicted molar refractivity (Wildman–Crippen MR) is 116 cm³/mol. The highest BCUT2D eigenvalue weighted by atomic mass is 79.9. The van der Waals surface area contributed by atoms with E-state index in [-0.39, 0.29) is 28.3 Å². The van der Waals surface area contributed by atoms with Crippen LogP contribution in [0.25, 0.3) is 0 Å². The van der Waals surface area contributed by atoms with Gasteiger partial charge in [0.2, 0.25) is 0 Å². The molecule has 0 aliphatic carbocycles. The fourth-order valence-corrected chi connectivity index (χ4v) is 3.36. The fraction of sp³-hybridized carbons (Fsp3) is 0.0909. The highest BCUT2D eigenvalue weighted by Crippen LogP contribution is 2.37. The number of nitrogens with one attached hydrogen (secondary N) is 1. The zero-order chi connectivity index (χ0) is 22.0. The molecule has 9 heteroatoms. The second-order valence-corrected chi connectivity index (χ2v) is 7.55. The average Bonchev–Trinajstić information content (AvgIpc) is 2.78. The van der Waals surface area contributed by atoms with Gasteiger partial charge >= 0.3 is 0 Å². The summed E-state index contributed by atoms with van der Waals surface area (Å²) in [6.45, 7) is 0.684. The highest BCUT2D eigenvalue weighted by molar-refractivity contribution is 9.10. The number of ketones is 1. The highest BCUT2D eigenvalue weighted by Gasteiger charge is 2.23. The Labute approximate surface area is 185 Å². The van der Waals surface area contributed by atoms with E-state index in [1.165, 1.54) is 36.4 Å². The van der Waals surface area contributed by atoms with E-state index in [2.05, 4.69) is 21.2 Å². The number of nitro benzene ring substituents is 1. The number of carbonyl (C=O) groups excluding carboxylic acids is 2. The Hall–Kier alpha value is -3.72. The van der Waals surface area contributed by atoms with E-state index in [9.17, 15) is 19.7 Å². The Morgan fingerprint density at radius 2 is 1.61 bits per heavy atom. The van der Waals surface area contributed by atoms with Gasteiger partial charge in [-0.25, -0.2) is 0 Å². The van der Waals surface area contributed by atoms with Crippen LogP contribution in [0.5, 0.6) is 11.5 Å². The molecule has 1 aliphatic rings. The van der Waals surface area contributed by atoms with Gasteiger partial charge in [-0.1, -0.05) is 22.0 Å². The third-order valence-corrected chi connectivity index (χ3v) is 5.13. The number of nitrogens with zero attached hydrogens (tertiary/aromatic N) is 1. The average molecular weight is 483 g/mol. The maximum Gasteiger partial charge on any atom is 0.270 e. The van der Waals surface area contributed by atoms with Crippen LogP contribution in [-0.4, -0.2) is 29.8 Å². The molecule has 1 aliphatic heterocycles. The van der Waals surface area contributed by atoms with Crippen LogP contribution in [0, 0.1) is 10.1 Å². The van der Waals surface area contributed by atoms with E-state index in [4.69, 9.17) is 9.47 Å². The molecule has 0 saturated carbocycles. The van der Waals surface area contributed by atoms with Crippen LogP contribution in [0.2, 0.25) is 0 Å². The molecule has 31 heavy (non-hydrogen) atoms. The monoisotopic (exact) mass is 482 g/mol. The minimum atomic E-state index is -0.592. The third-order valence-electron chi connectivity index (χ3n) is 4.60. The number of rotatable bonds is 5. The SMILES string of the molecule is O=C(Nc1cc2c(cc1C(=O)c1ccc(Br)cc1)OCCO2)c1cccc([N+](=O)[O-])c1. The van der Waals surface area contributed by atoms with Gasteiger partial charge < -0.3 is 14.8 Å². The third kappa shape index (κ3) is 4.41. The molecule has 0 radical (unpaired) electrons. The topological polar surface area (TPSA) is 108 Å². The maximum absolute atomic E-state index is 13.2. The Bertz CT molecular complexity index is 1190. The number of amides is 1. The second kappa shape index (κ2) is 8.57. The number of hydrogen-bond donors (Lipinski definition) is 1. The first-order valence-corrected chi connectivity index (χ1v) is 10.0. The van der Waals surface area contributed by atoms with Crippen LogP contribution in [0.1, 0.15) is 26.3 Å². The number of ether oxygens (including phenoxy) is 2. The number of fused-ring (bicyclic) bond motifs is 1. The first-order valence-electron chi connectivity index (χ1n) is 9.22. The van der Waals surface area contributed by atoms with Gasteiger partial charge in [-0.2, -0.15) is 0 Å². The molecule has 0 bridgehead atoms. The lowest BCUT2D eigenvalue weighted by Gasteiger charge is -2.21. The van der Waals surface area contributed by atoms with Gasteiger partial charge in [-0.3, -0.25) is 19.7 Å². The lowest BCUT2D eigenvalue weighted by atomic mass is 10.0. The van der Waals surface area contributed by atoms with Crippen LogP contribution in [0.4, 0.5) is 11.4 Å². The summed E-state index contributed by atoms with van der Waals surface area (Å²) in [5.74, 6) is -0.114. The minimum Gasteiger partial charge on any atom is -0.486 e. The molecule has 1 N–H and O–H groups in total. The largest absolute Gasteiger partial charge is 0.486 e. The Kier molecular flexibility index (Phi) is 5.68. The van der Waals surface area contributed by atoms with Crippen molar-refractivity contribution < 1.29 is 24.0 Å². The molecule has 0 saturated heterocycles. The van der Waals surface area contributed by atoms with E-state index >= 15 is 0 Å². The van der Waals surface area contributed by atoms with Crippen LogP contribution in [0.15, 0.2) is 65.1 Å². The molecule has 8 nitrogen and oxygen atoms in total. The van der Waals surface area contributed by atoms with Gasteiger partial charge in [0, 0.05) is 33.8 Å². The molecule has 4 rings (SSSR count). The molecule has 1 heterocycles. The first kappa shape index (κ1) is 20.5. The molecule has 0 atom stereocenters. The van der Waals surface area contributed by atoms with Gasteiger partial charge in [-0.15, -0.1) is 0 Å².